The third-order valence-electron chi connectivity index (χ3n) is 4.51. The van der Waals surface area contributed by atoms with Crippen molar-refractivity contribution in [2.45, 2.75) is 12.8 Å². The summed E-state index contributed by atoms with van der Waals surface area (Å²) in [5.41, 5.74) is 1.66. The molecule has 5 nitrogen and oxygen atoms in total. The van der Waals surface area contributed by atoms with Crippen molar-refractivity contribution < 1.29 is 18.4 Å². The summed E-state index contributed by atoms with van der Waals surface area (Å²) in [4.78, 5) is 30.4. The largest absolute Gasteiger partial charge is 0.311 e. The van der Waals surface area contributed by atoms with Crippen molar-refractivity contribution in [2.24, 2.45) is 0 Å². The van der Waals surface area contributed by atoms with E-state index < -0.39 is 17.5 Å². The van der Waals surface area contributed by atoms with E-state index in [9.17, 15) is 18.4 Å². The van der Waals surface area contributed by atoms with Gasteiger partial charge in [0.1, 0.15) is 0 Å². The fourth-order valence-corrected chi connectivity index (χ4v) is 3.99. The summed E-state index contributed by atoms with van der Waals surface area (Å²) in [6.45, 7) is 0.563. The van der Waals surface area contributed by atoms with Crippen LogP contribution in [-0.2, 0) is 4.79 Å². The van der Waals surface area contributed by atoms with Crippen LogP contribution in [-0.4, -0.2) is 23.3 Å². The van der Waals surface area contributed by atoms with Gasteiger partial charge in [0.05, 0.1) is 16.4 Å². The highest BCUT2D eigenvalue weighted by Gasteiger charge is 2.24. The lowest BCUT2D eigenvalue weighted by Crippen LogP contribution is -2.24. The molecule has 0 radical (unpaired) electrons. The standard InChI is InChI=1S/C20H14ClF2N3O2S/c21-13-5-3-12(9-17(13)26-7-1-2-18(26)27)19(28)25-20-24-16(10-29-20)11-4-6-14(22)15(23)8-11/h3-6,8-10H,1-2,7H2,(H,24,25,28). The fourth-order valence-electron chi connectivity index (χ4n) is 3.05. The Labute approximate surface area is 173 Å². The van der Waals surface area contributed by atoms with Crippen LogP contribution in [0, 0.1) is 11.6 Å². The van der Waals surface area contributed by atoms with E-state index >= 15 is 0 Å². The topological polar surface area (TPSA) is 62.3 Å². The van der Waals surface area contributed by atoms with Gasteiger partial charge in [-0.05, 0) is 42.8 Å². The van der Waals surface area contributed by atoms with Gasteiger partial charge in [0, 0.05) is 29.5 Å². The van der Waals surface area contributed by atoms with E-state index in [4.69, 9.17) is 11.6 Å². The third-order valence-corrected chi connectivity index (χ3v) is 5.59. The second kappa shape index (κ2) is 7.88. The number of rotatable bonds is 4. The van der Waals surface area contributed by atoms with E-state index in [1.807, 2.05) is 0 Å². The maximum Gasteiger partial charge on any atom is 0.257 e. The van der Waals surface area contributed by atoms with Crippen LogP contribution in [0.1, 0.15) is 23.2 Å². The van der Waals surface area contributed by atoms with E-state index in [1.54, 1.807) is 28.5 Å². The lowest BCUT2D eigenvalue weighted by atomic mass is 10.1. The zero-order chi connectivity index (χ0) is 20.5. The second-order valence-electron chi connectivity index (χ2n) is 6.44. The van der Waals surface area contributed by atoms with Gasteiger partial charge in [-0.1, -0.05) is 11.6 Å². The molecule has 1 fully saturated rings. The molecule has 29 heavy (non-hydrogen) atoms. The first kappa shape index (κ1) is 19.5. The van der Waals surface area contributed by atoms with E-state index in [0.29, 0.717) is 45.6 Å². The molecule has 1 aliphatic rings. The molecule has 0 bridgehead atoms. The summed E-state index contributed by atoms with van der Waals surface area (Å²) in [7, 11) is 0. The molecule has 0 aliphatic carbocycles. The van der Waals surface area contributed by atoms with Crippen molar-refractivity contribution in [3.05, 3.63) is 64.0 Å². The number of nitrogens with zero attached hydrogens (tertiary/aromatic N) is 2. The molecular formula is C20H14ClF2N3O2S. The maximum absolute atomic E-state index is 13.4. The molecule has 1 aliphatic heterocycles. The number of halogens is 3. The van der Waals surface area contributed by atoms with Crippen LogP contribution in [0.3, 0.4) is 0 Å². The average molecular weight is 434 g/mol. The Kier molecular flexibility index (Phi) is 5.29. The zero-order valence-electron chi connectivity index (χ0n) is 14.9. The van der Waals surface area contributed by atoms with Crippen LogP contribution in [0.15, 0.2) is 41.8 Å². The SMILES string of the molecule is O=C(Nc1nc(-c2ccc(F)c(F)c2)cs1)c1ccc(Cl)c(N2CCCC2=O)c1. The number of carbonyl (C=O) groups is 2. The minimum Gasteiger partial charge on any atom is -0.311 e. The first-order valence-corrected chi connectivity index (χ1v) is 10.0. The van der Waals surface area contributed by atoms with E-state index in [1.165, 1.54) is 6.07 Å². The summed E-state index contributed by atoms with van der Waals surface area (Å²) in [5, 5.41) is 5.02. The molecule has 1 aromatic heterocycles. The van der Waals surface area contributed by atoms with E-state index in [2.05, 4.69) is 10.3 Å². The minimum absolute atomic E-state index is 0.0273. The summed E-state index contributed by atoms with van der Waals surface area (Å²) in [5.74, 6) is -2.35. The third kappa shape index (κ3) is 3.99. The molecule has 148 valence electrons. The van der Waals surface area contributed by atoms with Crippen LogP contribution >= 0.6 is 22.9 Å². The molecule has 2 amide bonds. The zero-order valence-corrected chi connectivity index (χ0v) is 16.5. The van der Waals surface area contributed by atoms with Gasteiger partial charge in [0.15, 0.2) is 16.8 Å². The summed E-state index contributed by atoms with van der Waals surface area (Å²) in [6, 6.07) is 8.20. The van der Waals surface area contributed by atoms with Gasteiger partial charge in [-0.3, -0.25) is 14.9 Å². The van der Waals surface area contributed by atoms with E-state index in [-0.39, 0.29) is 5.91 Å². The predicted molar refractivity (Wildman–Crippen MR) is 108 cm³/mol. The first-order chi connectivity index (χ1) is 13.9. The second-order valence-corrected chi connectivity index (χ2v) is 7.70. The average Bonchev–Trinajstić information content (AvgIpc) is 3.33. The summed E-state index contributed by atoms with van der Waals surface area (Å²) >= 11 is 7.37. The Hall–Kier alpha value is -2.84. The fraction of sp³-hybridized carbons (Fsp3) is 0.150. The number of carbonyl (C=O) groups excluding carboxylic acids is 2. The van der Waals surface area contributed by atoms with Crippen LogP contribution in [0.5, 0.6) is 0 Å². The molecule has 2 aromatic carbocycles. The highest BCUT2D eigenvalue weighted by molar-refractivity contribution is 7.14. The number of benzene rings is 2. The molecular weight excluding hydrogens is 420 g/mol. The van der Waals surface area contributed by atoms with Gasteiger partial charge in [0.25, 0.3) is 5.91 Å². The summed E-state index contributed by atoms with van der Waals surface area (Å²) < 4.78 is 26.5. The maximum atomic E-state index is 13.4. The van der Waals surface area contributed by atoms with Crippen molar-refractivity contribution in [2.75, 3.05) is 16.8 Å². The highest BCUT2D eigenvalue weighted by atomic mass is 35.5. The predicted octanol–water partition coefficient (Wildman–Crippen LogP) is 5.12. The van der Waals surface area contributed by atoms with Crippen molar-refractivity contribution >= 4 is 45.6 Å². The van der Waals surface area contributed by atoms with Crippen LogP contribution in [0.2, 0.25) is 5.02 Å². The molecule has 1 N–H and O–H groups in total. The molecule has 2 heterocycles. The Balaban J connectivity index is 1.53. The summed E-state index contributed by atoms with van der Waals surface area (Å²) in [6.07, 6.45) is 1.20. The van der Waals surface area contributed by atoms with Crippen molar-refractivity contribution in [1.82, 2.24) is 4.98 Å². The van der Waals surface area contributed by atoms with Crippen LogP contribution in [0.25, 0.3) is 11.3 Å². The van der Waals surface area contributed by atoms with Gasteiger partial charge in [-0.2, -0.15) is 0 Å². The molecule has 3 aromatic rings. The number of anilines is 2. The first-order valence-electron chi connectivity index (χ1n) is 8.74. The molecule has 9 heteroatoms. The number of hydrogen-bond acceptors (Lipinski definition) is 4. The Morgan fingerprint density at radius 3 is 2.72 bits per heavy atom. The van der Waals surface area contributed by atoms with Crippen molar-refractivity contribution in [3.8, 4) is 11.3 Å². The molecule has 0 saturated carbocycles. The molecule has 0 unspecified atom stereocenters. The molecule has 1 saturated heterocycles. The van der Waals surface area contributed by atoms with E-state index in [0.717, 1.165) is 29.9 Å². The Bertz CT molecular complexity index is 1120. The molecule has 0 spiro atoms. The lowest BCUT2D eigenvalue weighted by Gasteiger charge is -2.18. The smallest absolute Gasteiger partial charge is 0.257 e. The number of hydrogen-bond donors (Lipinski definition) is 1. The highest BCUT2D eigenvalue weighted by Crippen LogP contribution is 2.31. The van der Waals surface area contributed by atoms with Crippen LogP contribution < -0.4 is 10.2 Å². The number of amides is 2. The quantitative estimate of drug-likeness (QED) is 0.621. The van der Waals surface area contributed by atoms with Gasteiger partial charge in [0.2, 0.25) is 5.91 Å². The van der Waals surface area contributed by atoms with Gasteiger partial charge in [-0.25, -0.2) is 13.8 Å². The minimum atomic E-state index is -0.966. The Morgan fingerprint density at radius 2 is 2.00 bits per heavy atom. The Morgan fingerprint density at radius 1 is 1.17 bits per heavy atom. The number of nitrogens with one attached hydrogen (secondary N) is 1. The normalized spacial score (nSPS) is 13.8. The van der Waals surface area contributed by atoms with Crippen molar-refractivity contribution in [3.63, 3.8) is 0 Å². The molecule has 0 atom stereocenters. The number of aromatic nitrogens is 1. The number of thiazole rings is 1. The monoisotopic (exact) mass is 433 g/mol. The lowest BCUT2D eigenvalue weighted by molar-refractivity contribution is -0.117. The van der Waals surface area contributed by atoms with Crippen LogP contribution in [0.4, 0.5) is 19.6 Å². The van der Waals surface area contributed by atoms with Gasteiger partial charge in [-0.15, -0.1) is 11.3 Å². The van der Waals surface area contributed by atoms with Gasteiger partial charge >= 0.3 is 0 Å². The molecule has 4 rings (SSSR count). The van der Waals surface area contributed by atoms with Gasteiger partial charge < -0.3 is 4.90 Å². The van der Waals surface area contributed by atoms with Crippen molar-refractivity contribution in [1.29, 1.82) is 0 Å².